The summed E-state index contributed by atoms with van der Waals surface area (Å²) in [6.07, 6.45) is 0. The summed E-state index contributed by atoms with van der Waals surface area (Å²) in [5.41, 5.74) is 14.7. The zero-order valence-corrected chi connectivity index (χ0v) is 31.9. The van der Waals surface area contributed by atoms with Crippen LogP contribution in [0.25, 0.3) is 110 Å². The number of benzene rings is 11. The van der Waals surface area contributed by atoms with Crippen molar-refractivity contribution in [3.8, 4) is 66.8 Å². The highest BCUT2D eigenvalue weighted by Gasteiger charge is 2.21. The fraction of sp³-hybridized carbons (Fsp3) is 0. The van der Waals surface area contributed by atoms with E-state index in [4.69, 9.17) is 0 Å². The Labute approximate surface area is 339 Å². The van der Waals surface area contributed by atoms with E-state index in [0.29, 0.717) is 0 Å². The average Bonchev–Trinajstić information content (AvgIpc) is 3.30. The Hall–Kier alpha value is -7.54. The fourth-order valence-electron chi connectivity index (χ4n) is 9.24. The van der Waals surface area contributed by atoms with Crippen molar-refractivity contribution in [1.82, 2.24) is 0 Å². The molecule has 0 heteroatoms. The molecule has 0 aliphatic heterocycles. The van der Waals surface area contributed by atoms with Crippen molar-refractivity contribution in [2.45, 2.75) is 0 Å². The first-order valence-electron chi connectivity index (χ1n) is 20.1. The summed E-state index contributed by atoms with van der Waals surface area (Å²) in [6, 6.07) is 84.7. The van der Waals surface area contributed by atoms with E-state index in [1.54, 1.807) is 0 Å². The van der Waals surface area contributed by atoms with Gasteiger partial charge in [0.1, 0.15) is 0 Å². The highest BCUT2D eigenvalue weighted by molar-refractivity contribution is 6.22. The zero-order chi connectivity index (χ0) is 38.4. The van der Waals surface area contributed by atoms with Gasteiger partial charge in [-0.25, -0.2) is 0 Å². The maximum absolute atomic E-state index is 2.46. The molecule has 0 fully saturated rings. The second-order valence-electron chi connectivity index (χ2n) is 15.2. The Morgan fingerprint density at radius 3 is 1.28 bits per heavy atom. The van der Waals surface area contributed by atoms with Gasteiger partial charge in [0.25, 0.3) is 0 Å². The standard InChI is InChI=1S/C58H38/c1-3-18-40(19-4-1)46-23-9-10-24-48(46)49-25-11-12-26-50(49)58-47(44-33-31-39-17-7-8-22-43(39)37-44)36-35-41-32-34-45(38-55(41)58)57-53-29-15-13-27-51(53)56(42-20-5-2-6-21-42)52-28-14-16-30-54(52)57/h1-38H. The van der Waals surface area contributed by atoms with Crippen LogP contribution in [0.3, 0.4) is 0 Å². The zero-order valence-electron chi connectivity index (χ0n) is 31.9. The summed E-state index contributed by atoms with van der Waals surface area (Å²) in [7, 11) is 0. The quantitative estimate of drug-likeness (QED) is 0.149. The Balaban J connectivity index is 1.23. The van der Waals surface area contributed by atoms with Crippen LogP contribution < -0.4 is 0 Å². The monoisotopic (exact) mass is 734 g/mol. The van der Waals surface area contributed by atoms with Crippen LogP contribution in [0.4, 0.5) is 0 Å². The molecule has 0 N–H and O–H groups in total. The molecule has 0 saturated carbocycles. The lowest BCUT2D eigenvalue weighted by atomic mass is 9.82. The van der Waals surface area contributed by atoms with Crippen molar-refractivity contribution >= 4 is 43.1 Å². The van der Waals surface area contributed by atoms with Crippen LogP contribution in [-0.4, -0.2) is 0 Å². The molecule has 0 heterocycles. The Morgan fingerprint density at radius 2 is 0.621 bits per heavy atom. The van der Waals surface area contributed by atoms with Crippen LogP contribution in [-0.2, 0) is 0 Å². The molecular weight excluding hydrogens is 697 g/mol. The molecule has 0 amide bonds. The summed E-state index contributed by atoms with van der Waals surface area (Å²) < 4.78 is 0. The first-order valence-corrected chi connectivity index (χ1v) is 20.1. The molecule has 0 spiro atoms. The lowest BCUT2D eigenvalue weighted by Gasteiger charge is -2.21. The Bertz CT molecular complexity index is 3260. The third-order valence-corrected chi connectivity index (χ3v) is 11.9. The van der Waals surface area contributed by atoms with Gasteiger partial charge < -0.3 is 0 Å². The third kappa shape index (κ3) is 5.69. The van der Waals surface area contributed by atoms with Crippen molar-refractivity contribution in [2.75, 3.05) is 0 Å². The first kappa shape index (κ1) is 33.8. The van der Waals surface area contributed by atoms with Gasteiger partial charge in [0.2, 0.25) is 0 Å². The normalized spacial score (nSPS) is 11.4. The topological polar surface area (TPSA) is 0 Å². The van der Waals surface area contributed by atoms with E-state index in [0.717, 1.165) is 0 Å². The number of hydrogen-bond donors (Lipinski definition) is 0. The molecule has 0 radical (unpaired) electrons. The average molecular weight is 735 g/mol. The highest BCUT2D eigenvalue weighted by atomic mass is 14.2. The highest BCUT2D eigenvalue weighted by Crippen LogP contribution is 2.48. The van der Waals surface area contributed by atoms with Crippen molar-refractivity contribution in [3.63, 3.8) is 0 Å². The van der Waals surface area contributed by atoms with E-state index >= 15 is 0 Å². The van der Waals surface area contributed by atoms with Crippen LogP contribution in [0.2, 0.25) is 0 Å². The fourth-order valence-corrected chi connectivity index (χ4v) is 9.24. The Morgan fingerprint density at radius 1 is 0.172 bits per heavy atom. The van der Waals surface area contributed by atoms with Crippen LogP contribution in [0, 0.1) is 0 Å². The summed E-state index contributed by atoms with van der Waals surface area (Å²) in [4.78, 5) is 0. The first-order chi connectivity index (χ1) is 28.8. The molecular formula is C58H38. The summed E-state index contributed by atoms with van der Waals surface area (Å²) >= 11 is 0. The van der Waals surface area contributed by atoms with Crippen molar-refractivity contribution in [1.29, 1.82) is 0 Å². The minimum atomic E-state index is 1.20. The van der Waals surface area contributed by atoms with Gasteiger partial charge in [0, 0.05) is 0 Å². The van der Waals surface area contributed by atoms with Gasteiger partial charge in [-0.3, -0.25) is 0 Å². The van der Waals surface area contributed by atoms with Gasteiger partial charge in [-0.2, -0.15) is 0 Å². The Kier molecular flexibility index (Phi) is 8.26. The molecule has 0 aliphatic rings. The molecule has 0 atom stereocenters. The third-order valence-electron chi connectivity index (χ3n) is 11.9. The van der Waals surface area contributed by atoms with E-state index in [2.05, 4.69) is 231 Å². The van der Waals surface area contributed by atoms with Crippen LogP contribution >= 0.6 is 0 Å². The van der Waals surface area contributed by atoms with Gasteiger partial charge in [-0.15, -0.1) is 0 Å². The molecule has 0 saturated heterocycles. The lowest BCUT2D eigenvalue weighted by Crippen LogP contribution is -1.94. The molecule has 0 aromatic heterocycles. The minimum absolute atomic E-state index is 1.20. The SMILES string of the molecule is c1ccc(-c2ccccc2-c2ccccc2-c2c(-c3ccc4ccccc4c3)ccc3ccc(-c4c5ccccc5c(-c5ccccc5)c5ccccc45)cc23)cc1. The predicted molar refractivity (Wildman–Crippen MR) is 249 cm³/mol. The second kappa shape index (κ2) is 14.2. The number of rotatable bonds is 6. The smallest absolute Gasteiger partial charge is 0.00204 e. The number of fused-ring (bicyclic) bond motifs is 4. The van der Waals surface area contributed by atoms with Crippen molar-refractivity contribution in [2.24, 2.45) is 0 Å². The number of hydrogen-bond acceptors (Lipinski definition) is 0. The molecule has 58 heavy (non-hydrogen) atoms. The summed E-state index contributed by atoms with van der Waals surface area (Å²) in [6.45, 7) is 0. The summed E-state index contributed by atoms with van der Waals surface area (Å²) in [5, 5.41) is 9.94. The molecule has 11 aromatic rings. The molecule has 11 rings (SSSR count). The van der Waals surface area contributed by atoms with Crippen molar-refractivity contribution in [3.05, 3.63) is 231 Å². The molecule has 0 aliphatic carbocycles. The van der Waals surface area contributed by atoms with Crippen molar-refractivity contribution < 1.29 is 0 Å². The van der Waals surface area contributed by atoms with E-state index in [1.165, 1.54) is 110 Å². The van der Waals surface area contributed by atoms with Gasteiger partial charge in [-0.05, 0) is 122 Å². The molecule has 11 aromatic carbocycles. The van der Waals surface area contributed by atoms with Gasteiger partial charge >= 0.3 is 0 Å². The molecule has 0 nitrogen and oxygen atoms in total. The van der Waals surface area contributed by atoms with Crippen LogP contribution in [0.5, 0.6) is 0 Å². The lowest BCUT2D eigenvalue weighted by molar-refractivity contribution is 1.57. The maximum atomic E-state index is 2.46. The predicted octanol–water partition coefficient (Wildman–Crippen LogP) is 16.3. The van der Waals surface area contributed by atoms with Crippen LogP contribution in [0.15, 0.2) is 231 Å². The molecule has 0 bridgehead atoms. The molecule has 270 valence electrons. The van der Waals surface area contributed by atoms with Gasteiger partial charge in [0.05, 0.1) is 0 Å². The van der Waals surface area contributed by atoms with E-state index in [1.807, 2.05) is 0 Å². The second-order valence-corrected chi connectivity index (χ2v) is 15.2. The minimum Gasteiger partial charge on any atom is -0.0622 e. The van der Waals surface area contributed by atoms with Gasteiger partial charge in [-0.1, -0.05) is 218 Å². The van der Waals surface area contributed by atoms with E-state index in [-0.39, 0.29) is 0 Å². The van der Waals surface area contributed by atoms with Crippen LogP contribution in [0.1, 0.15) is 0 Å². The summed E-state index contributed by atoms with van der Waals surface area (Å²) in [5.74, 6) is 0. The van der Waals surface area contributed by atoms with E-state index in [9.17, 15) is 0 Å². The maximum Gasteiger partial charge on any atom is -0.00204 e. The van der Waals surface area contributed by atoms with Gasteiger partial charge in [0.15, 0.2) is 0 Å². The molecule has 0 unspecified atom stereocenters. The largest absolute Gasteiger partial charge is 0.0622 e. The van der Waals surface area contributed by atoms with E-state index < -0.39 is 0 Å².